The molecule has 1 spiro atoms. The molecule has 4 rings (SSSR count). The van der Waals surface area contributed by atoms with Gasteiger partial charge in [0.1, 0.15) is 12.4 Å². The first-order valence-corrected chi connectivity index (χ1v) is 13.2. The van der Waals surface area contributed by atoms with Crippen LogP contribution in [0.25, 0.3) is 0 Å². The molecule has 1 atom stereocenters. The monoisotopic (exact) mass is 522 g/mol. The standard InChI is InChI=1S/C28H38N6O4/c1-20(2)22-19-38-23-9-5-4-8-21(23)26(36)29-14-7-6-11-28(27(37)30-22)12-16-34(17-13-28)18-25(35)31-24-10-15-33(3)32-24/h4-10,15,20,22H,11-14,16-19H2,1-3H3,(H,29,36)(H,30,37)(H,31,32,35)/b7-6+/t22-/m0/s1. The molecule has 10 nitrogen and oxygen atoms in total. The molecule has 204 valence electrons. The quantitative estimate of drug-likeness (QED) is 0.531. The van der Waals surface area contributed by atoms with Crippen molar-refractivity contribution in [3.8, 4) is 5.75 Å². The topological polar surface area (TPSA) is 118 Å². The molecule has 2 aliphatic rings. The van der Waals surface area contributed by atoms with Crippen molar-refractivity contribution in [1.29, 1.82) is 0 Å². The molecule has 3 N–H and O–H groups in total. The number of ether oxygens (including phenoxy) is 1. The van der Waals surface area contributed by atoms with Gasteiger partial charge in [-0.05, 0) is 50.4 Å². The van der Waals surface area contributed by atoms with Crippen LogP contribution in [0.4, 0.5) is 5.82 Å². The lowest BCUT2D eigenvalue weighted by atomic mass is 9.74. The van der Waals surface area contributed by atoms with E-state index in [2.05, 4.69) is 25.9 Å². The first-order valence-electron chi connectivity index (χ1n) is 13.2. The van der Waals surface area contributed by atoms with E-state index in [1.54, 1.807) is 42.2 Å². The van der Waals surface area contributed by atoms with Crippen LogP contribution >= 0.6 is 0 Å². The second-order valence-corrected chi connectivity index (χ2v) is 10.5. The van der Waals surface area contributed by atoms with Crippen molar-refractivity contribution < 1.29 is 19.1 Å². The molecule has 1 aromatic heterocycles. The largest absolute Gasteiger partial charge is 0.491 e. The van der Waals surface area contributed by atoms with Crippen molar-refractivity contribution in [1.82, 2.24) is 25.3 Å². The fourth-order valence-electron chi connectivity index (χ4n) is 4.85. The maximum atomic E-state index is 13.8. The number of para-hydroxylation sites is 1. The number of allylic oxidation sites excluding steroid dienone is 1. The summed E-state index contributed by atoms with van der Waals surface area (Å²) in [6, 6.07) is 8.69. The van der Waals surface area contributed by atoms with E-state index in [1.165, 1.54) is 0 Å². The highest BCUT2D eigenvalue weighted by Gasteiger charge is 2.41. The number of carbonyl (C=O) groups is 3. The van der Waals surface area contributed by atoms with Gasteiger partial charge in [-0.15, -0.1) is 0 Å². The second kappa shape index (κ2) is 12.3. The molecule has 0 bridgehead atoms. The van der Waals surface area contributed by atoms with E-state index in [1.807, 2.05) is 32.1 Å². The van der Waals surface area contributed by atoms with Crippen LogP contribution in [0.2, 0.25) is 0 Å². The van der Waals surface area contributed by atoms with Gasteiger partial charge in [-0.1, -0.05) is 38.1 Å². The Kier molecular flexibility index (Phi) is 8.83. The van der Waals surface area contributed by atoms with E-state index in [0.29, 0.717) is 56.0 Å². The van der Waals surface area contributed by atoms with Crippen LogP contribution < -0.4 is 20.7 Å². The number of anilines is 1. The fraction of sp³-hybridized carbons (Fsp3) is 0.500. The molecule has 0 aliphatic carbocycles. The minimum atomic E-state index is -0.594. The van der Waals surface area contributed by atoms with Gasteiger partial charge >= 0.3 is 0 Å². The summed E-state index contributed by atoms with van der Waals surface area (Å²) in [4.78, 5) is 41.1. The zero-order valence-corrected chi connectivity index (χ0v) is 22.4. The van der Waals surface area contributed by atoms with Crippen LogP contribution in [-0.4, -0.2) is 71.2 Å². The lowest BCUT2D eigenvalue weighted by Gasteiger charge is -2.41. The van der Waals surface area contributed by atoms with Crippen molar-refractivity contribution in [3.63, 3.8) is 0 Å². The number of hydrogen-bond acceptors (Lipinski definition) is 6. The number of piperidine rings is 1. The minimum Gasteiger partial charge on any atom is -0.491 e. The van der Waals surface area contributed by atoms with Crippen LogP contribution in [0.15, 0.2) is 48.7 Å². The van der Waals surface area contributed by atoms with Gasteiger partial charge in [0.15, 0.2) is 5.82 Å². The highest BCUT2D eigenvalue weighted by atomic mass is 16.5. The molecule has 0 radical (unpaired) electrons. The Morgan fingerprint density at radius 1 is 1.18 bits per heavy atom. The van der Waals surface area contributed by atoms with Crippen molar-refractivity contribution in [2.24, 2.45) is 18.4 Å². The van der Waals surface area contributed by atoms with Crippen LogP contribution in [0.3, 0.4) is 0 Å². The molecule has 3 amide bonds. The number of fused-ring (bicyclic) bond motifs is 1. The van der Waals surface area contributed by atoms with Gasteiger partial charge < -0.3 is 20.7 Å². The molecule has 10 heteroatoms. The summed E-state index contributed by atoms with van der Waals surface area (Å²) in [5, 5.41) is 13.2. The first-order chi connectivity index (χ1) is 18.3. The third-order valence-corrected chi connectivity index (χ3v) is 7.37. The predicted octanol–water partition coefficient (Wildman–Crippen LogP) is 2.35. The van der Waals surface area contributed by atoms with E-state index >= 15 is 0 Å². The van der Waals surface area contributed by atoms with E-state index in [4.69, 9.17) is 4.74 Å². The van der Waals surface area contributed by atoms with Gasteiger partial charge in [0.05, 0.1) is 23.6 Å². The van der Waals surface area contributed by atoms with Gasteiger partial charge in [0, 0.05) is 25.9 Å². The van der Waals surface area contributed by atoms with Crippen LogP contribution in [0.1, 0.15) is 43.5 Å². The number of likely N-dealkylation sites (tertiary alicyclic amines) is 1. The van der Waals surface area contributed by atoms with E-state index in [9.17, 15) is 14.4 Å². The molecule has 0 unspecified atom stereocenters. The van der Waals surface area contributed by atoms with Crippen molar-refractivity contribution in [2.75, 3.05) is 38.1 Å². The highest BCUT2D eigenvalue weighted by molar-refractivity contribution is 5.97. The third-order valence-electron chi connectivity index (χ3n) is 7.37. The molecule has 1 fully saturated rings. The maximum absolute atomic E-state index is 13.8. The lowest BCUT2D eigenvalue weighted by Crippen LogP contribution is -2.54. The van der Waals surface area contributed by atoms with E-state index < -0.39 is 5.41 Å². The lowest BCUT2D eigenvalue weighted by molar-refractivity contribution is -0.135. The normalized spacial score (nSPS) is 21.5. The van der Waals surface area contributed by atoms with E-state index in [0.717, 1.165) is 0 Å². The Hall–Kier alpha value is -3.66. The molecular formula is C28H38N6O4. The summed E-state index contributed by atoms with van der Waals surface area (Å²) >= 11 is 0. The number of rotatable bonds is 4. The second-order valence-electron chi connectivity index (χ2n) is 10.5. The summed E-state index contributed by atoms with van der Waals surface area (Å²) in [5.74, 6) is 0.853. The first kappa shape index (κ1) is 27.4. The molecule has 0 saturated carbocycles. The number of aromatic nitrogens is 2. The van der Waals surface area contributed by atoms with Gasteiger partial charge in [-0.25, -0.2) is 0 Å². The van der Waals surface area contributed by atoms with Crippen molar-refractivity contribution in [3.05, 3.63) is 54.2 Å². The number of amides is 3. The Morgan fingerprint density at radius 3 is 2.66 bits per heavy atom. The number of hydrogen-bond donors (Lipinski definition) is 3. The highest BCUT2D eigenvalue weighted by Crippen LogP contribution is 2.36. The summed E-state index contributed by atoms with van der Waals surface area (Å²) in [6.45, 7) is 6.22. The minimum absolute atomic E-state index is 0.0106. The molecule has 1 aromatic carbocycles. The Balaban J connectivity index is 1.45. The zero-order chi connectivity index (χ0) is 27.1. The number of nitrogens with one attached hydrogen (secondary N) is 3. The van der Waals surface area contributed by atoms with Crippen LogP contribution in [0, 0.1) is 11.3 Å². The molecule has 2 aliphatic heterocycles. The summed E-state index contributed by atoms with van der Waals surface area (Å²) in [7, 11) is 1.80. The average molecular weight is 523 g/mol. The Labute approximate surface area is 223 Å². The summed E-state index contributed by atoms with van der Waals surface area (Å²) in [5.41, 5.74) is -0.119. The Bertz CT molecular complexity index is 1170. The number of nitrogens with zero attached hydrogens (tertiary/aromatic N) is 3. The van der Waals surface area contributed by atoms with Crippen molar-refractivity contribution in [2.45, 2.75) is 39.2 Å². The fourth-order valence-corrected chi connectivity index (χ4v) is 4.85. The smallest absolute Gasteiger partial charge is 0.255 e. The number of aryl methyl sites for hydroxylation is 1. The van der Waals surface area contributed by atoms with Crippen molar-refractivity contribution >= 4 is 23.5 Å². The Morgan fingerprint density at radius 2 is 1.95 bits per heavy atom. The molecular weight excluding hydrogens is 484 g/mol. The number of carbonyl (C=O) groups excluding carboxylic acids is 3. The van der Waals surface area contributed by atoms with Gasteiger partial charge in [-0.2, -0.15) is 5.10 Å². The van der Waals surface area contributed by atoms with Gasteiger partial charge in [0.25, 0.3) is 5.91 Å². The summed E-state index contributed by atoms with van der Waals surface area (Å²) < 4.78 is 7.70. The zero-order valence-electron chi connectivity index (χ0n) is 22.4. The maximum Gasteiger partial charge on any atom is 0.255 e. The van der Waals surface area contributed by atoms with E-state index in [-0.39, 0.29) is 42.8 Å². The van der Waals surface area contributed by atoms with Gasteiger partial charge in [0.2, 0.25) is 11.8 Å². The molecule has 1 saturated heterocycles. The molecule has 3 heterocycles. The summed E-state index contributed by atoms with van der Waals surface area (Å²) in [6.07, 6.45) is 7.47. The SMILES string of the molecule is CC(C)[C@@H]1COc2ccccc2C(=O)NC/C=C/CC2(CCN(CC(=O)Nc3ccn(C)n3)CC2)C(=O)N1. The van der Waals surface area contributed by atoms with Gasteiger partial charge in [-0.3, -0.25) is 24.0 Å². The van der Waals surface area contributed by atoms with Crippen LogP contribution in [-0.2, 0) is 16.6 Å². The molecule has 38 heavy (non-hydrogen) atoms. The molecule has 2 aromatic rings. The number of benzene rings is 1. The average Bonchev–Trinajstić information content (AvgIpc) is 3.30. The van der Waals surface area contributed by atoms with Crippen LogP contribution in [0.5, 0.6) is 5.75 Å². The third kappa shape index (κ3) is 6.80. The predicted molar refractivity (Wildman–Crippen MR) is 145 cm³/mol.